The molecule has 8 heteroatoms. The molecular weight excluding hydrogens is 380 g/mol. The Morgan fingerprint density at radius 2 is 1.68 bits per heavy atom. The molecule has 3 rings (SSSR count). The van der Waals surface area contributed by atoms with Gasteiger partial charge in [0.15, 0.2) is 0 Å². The standard InChI is InChI=1S/C20H19ClN4O3/c1-12-22-16(20(26)25-15-10-13(21)8-9-18(15)28-3)11-19(23-12)24-14-6-4-5-7-17(14)27-2/h4-11H,1-3H3,(H,25,26)(H,22,23,24). The second kappa shape index (κ2) is 8.58. The molecule has 0 spiro atoms. The first kappa shape index (κ1) is 19.4. The summed E-state index contributed by atoms with van der Waals surface area (Å²) >= 11 is 6.02. The van der Waals surface area contributed by atoms with E-state index in [4.69, 9.17) is 21.1 Å². The Labute approximate surface area is 167 Å². The summed E-state index contributed by atoms with van der Waals surface area (Å²) in [6.07, 6.45) is 0. The summed E-state index contributed by atoms with van der Waals surface area (Å²) < 4.78 is 10.6. The van der Waals surface area contributed by atoms with Crippen LogP contribution in [0.3, 0.4) is 0 Å². The molecule has 2 N–H and O–H groups in total. The number of benzene rings is 2. The number of para-hydroxylation sites is 2. The number of hydrogen-bond acceptors (Lipinski definition) is 6. The number of nitrogens with zero attached hydrogens (tertiary/aromatic N) is 2. The van der Waals surface area contributed by atoms with Gasteiger partial charge in [-0.25, -0.2) is 9.97 Å². The van der Waals surface area contributed by atoms with Crippen LogP contribution in [-0.4, -0.2) is 30.1 Å². The first-order chi connectivity index (χ1) is 13.5. The smallest absolute Gasteiger partial charge is 0.274 e. The predicted molar refractivity (Wildman–Crippen MR) is 109 cm³/mol. The van der Waals surface area contributed by atoms with Crippen molar-refractivity contribution in [2.45, 2.75) is 6.92 Å². The van der Waals surface area contributed by atoms with Crippen LogP contribution in [-0.2, 0) is 0 Å². The van der Waals surface area contributed by atoms with Crippen molar-refractivity contribution in [3.63, 3.8) is 0 Å². The molecular formula is C20H19ClN4O3. The van der Waals surface area contributed by atoms with E-state index in [1.807, 2.05) is 24.3 Å². The van der Waals surface area contributed by atoms with E-state index in [0.29, 0.717) is 33.9 Å². The maximum Gasteiger partial charge on any atom is 0.274 e. The van der Waals surface area contributed by atoms with Crippen LogP contribution in [0.5, 0.6) is 11.5 Å². The Morgan fingerprint density at radius 3 is 2.43 bits per heavy atom. The van der Waals surface area contributed by atoms with Crippen LogP contribution in [0.4, 0.5) is 17.2 Å². The molecule has 0 unspecified atom stereocenters. The Bertz CT molecular complexity index is 1010. The average molecular weight is 399 g/mol. The highest BCUT2D eigenvalue weighted by Crippen LogP contribution is 2.29. The van der Waals surface area contributed by atoms with Gasteiger partial charge in [0.05, 0.1) is 25.6 Å². The number of methoxy groups -OCH3 is 2. The van der Waals surface area contributed by atoms with Crippen LogP contribution < -0.4 is 20.1 Å². The lowest BCUT2D eigenvalue weighted by molar-refractivity contribution is 0.102. The van der Waals surface area contributed by atoms with Gasteiger partial charge < -0.3 is 20.1 Å². The highest BCUT2D eigenvalue weighted by molar-refractivity contribution is 6.31. The van der Waals surface area contributed by atoms with Crippen molar-refractivity contribution in [1.29, 1.82) is 0 Å². The summed E-state index contributed by atoms with van der Waals surface area (Å²) in [6.45, 7) is 1.71. The fourth-order valence-corrected chi connectivity index (χ4v) is 2.77. The molecule has 1 heterocycles. The van der Waals surface area contributed by atoms with E-state index in [0.717, 1.165) is 5.69 Å². The molecule has 7 nitrogen and oxygen atoms in total. The van der Waals surface area contributed by atoms with Gasteiger partial charge in [-0.1, -0.05) is 23.7 Å². The van der Waals surface area contributed by atoms with Gasteiger partial charge in [-0.2, -0.15) is 0 Å². The van der Waals surface area contributed by atoms with E-state index in [2.05, 4.69) is 20.6 Å². The number of ether oxygens (including phenoxy) is 2. The zero-order valence-electron chi connectivity index (χ0n) is 15.6. The number of anilines is 3. The third-order valence-corrected chi connectivity index (χ3v) is 4.09. The van der Waals surface area contributed by atoms with E-state index in [1.165, 1.54) is 7.11 Å². The van der Waals surface area contributed by atoms with Crippen molar-refractivity contribution in [2.75, 3.05) is 24.9 Å². The van der Waals surface area contributed by atoms with Gasteiger partial charge >= 0.3 is 0 Å². The first-order valence-electron chi connectivity index (χ1n) is 8.41. The third-order valence-electron chi connectivity index (χ3n) is 3.85. The number of nitrogens with one attached hydrogen (secondary N) is 2. The fourth-order valence-electron chi connectivity index (χ4n) is 2.60. The molecule has 1 amide bonds. The molecule has 0 aliphatic heterocycles. The van der Waals surface area contributed by atoms with Crippen LogP contribution in [0.25, 0.3) is 0 Å². The minimum absolute atomic E-state index is 0.201. The van der Waals surface area contributed by atoms with Crippen molar-refractivity contribution in [1.82, 2.24) is 9.97 Å². The summed E-state index contributed by atoms with van der Waals surface area (Å²) in [5.41, 5.74) is 1.38. The molecule has 0 aliphatic carbocycles. The molecule has 1 aromatic heterocycles. The number of aryl methyl sites for hydroxylation is 1. The van der Waals surface area contributed by atoms with E-state index in [-0.39, 0.29) is 5.69 Å². The van der Waals surface area contributed by atoms with E-state index in [1.54, 1.807) is 38.3 Å². The molecule has 28 heavy (non-hydrogen) atoms. The summed E-state index contributed by atoms with van der Waals surface area (Å²) in [4.78, 5) is 21.3. The molecule has 0 radical (unpaired) electrons. The number of aromatic nitrogens is 2. The molecule has 0 saturated carbocycles. The van der Waals surface area contributed by atoms with Gasteiger partial charge in [0, 0.05) is 11.1 Å². The quantitative estimate of drug-likeness (QED) is 0.638. The summed E-state index contributed by atoms with van der Waals surface area (Å²) in [6, 6.07) is 14.0. The molecule has 144 valence electrons. The monoisotopic (exact) mass is 398 g/mol. The van der Waals surface area contributed by atoms with Gasteiger partial charge in [-0.3, -0.25) is 4.79 Å². The van der Waals surface area contributed by atoms with Crippen LogP contribution in [0.1, 0.15) is 16.3 Å². The number of halogens is 1. The zero-order valence-corrected chi connectivity index (χ0v) is 16.4. The minimum Gasteiger partial charge on any atom is -0.495 e. The van der Waals surface area contributed by atoms with Crippen LogP contribution in [0, 0.1) is 6.92 Å². The molecule has 2 aromatic carbocycles. The van der Waals surface area contributed by atoms with Gasteiger partial charge in [0.1, 0.15) is 28.8 Å². The average Bonchev–Trinajstić information content (AvgIpc) is 2.68. The minimum atomic E-state index is -0.408. The van der Waals surface area contributed by atoms with Crippen LogP contribution in [0.2, 0.25) is 5.02 Å². The van der Waals surface area contributed by atoms with Crippen LogP contribution >= 0.6 is 11.6 Å². The molecule has 0 aliphatic rings. The van der Waals surface area contributed by atoms with Crippen molar-refractivity contribution in [3.05, 3.63) is 65.1 Å². The second-order valence-corrected chi connectivity index (χ2v) is 6.25. The molecule has 3 aromatic rings. The molecule has 0 saturated heterocycles. The van der Waals surface area contributed by atoms with E-state index in [9.17, 15) is 4.79 Å². The zero-order chi connectivity index (χ0) is 20.1. The van der Waals surface area contributed by atoms with Gasteiger partial charge in [0.25, 0.3) is 5.91 Å². The Balaban J connectivity index is 1.87. The number of hydrogen-bond donors (Lipinski definition) is 2. The van der Waals surface area contributed by atoms with Crippen molar-refractivity contribution >= 4 is 34.7 Å². The maximum absolute atomic E-state index is 12.7. The second-order valence-electron chi connectivity index (χ2n) is 5.81. The number of rotatable bonds is 6. The Hall–Kier alpha value is -3.32. The van der Waals surface area contributed by atoms with Crippen LogP contribution in [0.15, 0.2) is 48.5 Å². The molecule has 0 fully saturated rings. The Kier molecular flexibility index (Phi) is 5.96. The fraction of sp³-hybridized carbons (Fsp3) is 0.150. The normalized spacial score (nSPS) is 10.3. The summed E-state index contributed by atoms with van der Waals surface area (Å²) in [7, 11) is 3.10. The lowest BCUT2D eigenvalue weighted by atomic mass is 10.2. The largest absolute Gasteiger partial charge is 0.495 e. The first-order valence-corrected chi connectivity index (χ1v) is 8.78. The van der Waals surface area contributed by atoms with E-state index < -0.39 is 5.91 Å². The third kappa shape index (κ3) is 4.50. The lowest BCUT2D eigenvalue weighted by Gasteiger charge is -2.13. The molecule has 0 bridgehead atoms. The summed E-state index contributed by atoms with van der Waals surface area (Å²) in [5.74, 6) is 1.67. The molecule has 0 atom stereocenters. The highest BCUT2D eigenvalue weighted by atomic mass is 35.5. The van der Waals surface area contributed by atoms with Gasteiger partial charge in [0.2, 0.25) is 0 Å². The predicted octanol–water partition coefficient (Wildman–Crippen LogP) is 4.45. The highest BCUT2D eigenvalue weighted by Gasteiger charge is 2.14. The SMILES string of the molecule is COc1ccc(Cl)cc1NC(=O)c1cc(Nc2ccccc2OC)nc(C)n1. The lowest BCUT2D eigenvalue weighted by Crippen LogP contribution is -2.16. The van der Waals surface area contributed by atoms with Crippen molar-refractivity contribution in [2.24, 2.45) is 0 Å². The number of carbonyl (C=O) groups is 1. The van der Waals surface area contributed by atoms with Gasteiger partial charge in [-0.15, -0.1) is 0 Å². The maximum atomic E-state index is 12.7. The van der Waals surface area contributed by atoms with Crippen molar-refractivity contribution < 1.29 is 14.3 Å². The number of amides is 1. The summed E-state index contributed by atoms with van der Waals surface area (Å²) in [5, 5.41) is 6.40. The number of carbonyl (C=O) groups excluding carboxylic acids is 1. The topological polar surface area (TPSA) is 85.4 Å². The van der Waals surface area contributed by atoms with E-state index >= 15 is 0 Å². The van der Waals surface area contributed by atoms with Crippen molar-refractivity contribution in [3.8, 4) is 11.5 Å². The Morgan fingerprint density at radius 1 is 0.964 bits per heavy atom. The van der Waals surface area contributed by atoms with Gasteiger partial charge in [-0.05, 0) is 37.3 Å².